The van der Waals surface area contributed by atoms with Gasteiger partial charge in [-0.15, -0.1) is 0 Å². The third-order valence-corrected chi connectivity index (χ3v) is 3.83. The van der Waals surface area contributed by atoms with E-state index in [1.165, 1.54) is 11.1 Å². The molecule has 1 aromatic heterocycles. The van der Waals surface area contributed by atoms with Crippen molar-refractivity contribution in [1.82, 2.24) is 4.98 Å². The molecule has 21 heavy (non-hydrogen) atoms. The molecule has 104 valence electrons. The van der Waals surface area contributed by atoms with Crippen molar-refractivity contribution >= 4 is 11.6 Å². The van der Waals surface area contributed by atoms with Crippen LogP contribution in [0, 0.1) is 0 Å². The highest BCUT2D eigenvalue weighted by Gasteiger charge is 2.15. The standard InChI is InChI=1S/C19H16ClN/c20-17-11-12-18(21-14-17)13-19(15-7-3-1-4-8-15)16-9-5-2-6-10-16/h1-12,14,19H,13H2. The maximum atomic E-state index is 5.92. The SMILES string of the molecule is Clc1ccc(CC(c2ccccc2)c2ccccc2)nc1. The monoisotopic (exact) mass is 293 g/mol. The Balaban J connectivity index is 1.95. The second kappa shape index (κ2) is 6.55. The fourth-order valence-electron chi connectivity index (χ4n) is 2.54. The van der Waals surface area contributed by atoms with Gasteiger partial charge in [0.05, 0.1) is 5.02 Å². The molecule has 0 atom stereocenters. The molecule has 2 heteroatoms. The van der Waals surface area contributed by atoms with Crippen LogP contribution in [-0.4, -0.2) is 4.98 Å². The summed E-state index contributed by atoms with van der Waals surface area (Å²) in [5, 5.41) is 0.676. The molecule has 2 aromatic carbocycles. The van der Waals surface area contributed by atoms with Crippen LogP contribution >= 0.6 is 11.6 Å². The molecule has 0 radical (unpaired) electrons. The Morgan fingerprint density at radius 2 is 1.33 bits per heavy atom. The quantitative estimate of drug-likeness (QED) is 0.651. The molecule has 1 nitrogen and oxygen atoms in total. The Morgan fingerprint density at radius 3 is 1.81 bits per heavy atom. The molecular formula is C19H16ClN. The van der Waals surface area contributed by atoms with E-state index in [9.17, 15) is 0 Å². The summed E-state index contributed by atoms with van der Waals surface area (Å²) >= 11 is 5.92. The lowest BCUT2D eigenvalue weighted by Crippen LogP contribution is -2.06. The van der Waals surface area contributed by atoms with Gasteiger partial charge in [0, 0.05) is 24.2 Å². The number of halogens is 1. The number of benzene rings is 2. The predicted octanol–water partition coefficient (Wildman–Crippen LogP) is 5.11. The van der Waals surface area contributed by atoms with Crippen LogP contribution in [0.15, 0.2) is 79.0 Å². The normalized spacial score (nSPS) is 10.8. The van der Waals surface area contributed by atoms with Gasteiger partial charge in [0.15, 0.2) is 0 Å². The third-order valence-electron chi connectivity index (χ3n) is 3.61. The molecule has 0 N–H and O–H groups in total. The van der Waals surface area contributed by atoms with Gasteiger partial charge in [0.2, 0.25) is 0 Å². The van der Waals surface area contributed by atoms with Gasteiger partial charge in [0.1, 0.15) is 0 Å². The smallest absolute Gasteiger partial charge is 0.0589 e. The molecule has 0 fully saturated rings. The molecule has 1 heterocycles. The average Bonchev–Trinajstić information content (AvgIpc) is 2.56. The minimum atomic E-state index is 0.307. The maximum absolute atomic E-state index is 5.92. The van der Waals surface area contributed by atoms with Gasteiger partial charge in [-0.05, 0) is 23.3 Å². The van der Waals surface area contributed by atoms with Crippen molar-refractivity contribution in [2.24, 2.45) is 0 Å². The summed E-state index contributed by atoms with van der Waals surface area (Å²) in [7, 11) is 0. The van der Waals surface area contributed by atoms with Gasteiger partial charge in [0.25, 0.3) is 0 Å². The first kappa shape index (κ1) is 13.8. The van der Waals surface area contributed by atoms with Crippen LogP contribution < -0.4 is 0 Å². The van der Waals surface area contributed by atoms with Crippen molar-refractivity contribution in [3.63, 3.8) is 0 Å². The summed E-state index contributed by atoms with van der Waals surface area (Å²) in [4.78, 5) is 4.44. The molecule has 3 rings (SSSR count). The molecule has 0 saturated heterocycles. The molecule has 0 aliphatic rings. The highest BCUT2D eigenvalue weighted by Crippen LogP contribution is 2.28. The molecule has 0 aliphatic carbocycles. The molecule has 0 spiro atoms. The van der Waals surface area contributed by atoms with Gasteiger partial charge in [-0.25, -0.2) is 0 Å². The van der Waals surface area contributed by atoms with Crippen molar-refractivity contribution in [2.45, 2.75) is 12.3 Å². The summed E-state index contributed by atoms with van der Waals surface area (Å²) < 4.78 is 0. The van der Waals surface area contributed by atoms with E-state index in [0.717, 1.165) is 12.1 Å². The fourth-order valence-corrected chi connectivity index (χ4v) is 2.65. The van der Waals surface area contributed by atoms with Crippen molar-refractivity contribution in [1.29, 1.82) is 0 Å². The van der Waals surface area contributed by atoms with E-state index in [0.29, 0.717) is 10.9 Å². The lowest BCUT2D eigenvalue weighted by atomic mass is 9.87. The molecule has 3 aromatic rings. The number of nitrogens with zero attached hydrogens (tertiary/aromatic N) is 1. The maximum Gasteiger partial charge on any atom is 0.0589 e. The number of aromatic nitrogens is 1. The minimum absolute atomic E-state index is 0.307. The van der Waals surface area contributed by atoms with Crippen LogP contribution in [0.1, 0.15) is 22.7 Å². The number of pyridine rings is 1. The average molecular weight is 294 g/mol. The topological polar surface area (TPSA) is 12.9 Å². The van der Waals surface area contributed by atoms with E-state index < -0.39 is 0 Å². The Bertz CT molecular complexity index is 638. The van der Waals surface area contributed by atoms with Gasteiger partial charge < -0.3 is 0 Å². The van der Waals surface area contributed by atoms with E-state index in [1.54, 1.807) is 6.20 Å². The van der Waals surface area contributed by atoms with Gasteiger partial charge in [-0.1, -0.05) is 72.3 Å². The zero-order valence-electron chi connectivity index (χ0n) is 11.6. The summed E-state index contributed by atoms with van der Waals surface area (Å²) in [6.45, 7) is 0. The van der Waals surface area contributed by atoms with Crippen LogP contribution in [0.3, 0.4) is 0 Å². The molecule has 0 amide bonds. The molecule has 0 aliphatic heterocycles. The summed E-state index contributed by atoms with van der Waals surface area (Å²) in [5.41, 5.74) is 3.66. The largest absolute Gasteiger partial charge is 0.260 e. The highest BCUT2D eigenvalue weighted by atomic mass is 35.5. The zero-order chi connectivity index (χ0) is 14.5. The van der Waals surface area contributed by atoms with E-state index in [-0.39, 0.29) is 0 Å². The van der Waals surface area contributed by atoms with Crippen LogP contribution in [0.25, 0.3) is 0 Å². The molecule has 0 unspecified atom stereocenters. The lowest BCUT2D eigenvalue weighted by molar-refractivity contribution is 0.783. The molecular weight excluding hydrogens is 278 g/mol. The Labute approximate surface area is 130 Å². The van der Waals surface area contributed by atoms with Crippen LogP contribution in [-0.2, 0) is 6.42 Å². The number of hydrogen-bond acceptors (Lipinski definition) is 1. The van der Waals surface area contributed by atoms with E-state index in [2.05, 4.69) is 53.5 Å². The first-order valence-electron chi connectivity index (χ1n) is 7.03. The van der Waals surface area contributed by atoms with Crippen molar-refractivity contribution in [3.05, 3.63) is 101 Å². The predicted molar refractivity (Wildman–Crippen MR) is 87.7 cm³/mol. The Hall–Kier alpha value is -2.12. The van der Waals surface area contributed by atoms with Crippen molar-refractivity contribution in [2.75, 3.05) is 0 Å². The van der Waals surface area contributed by atoms with E-state index in [4.69, 9.17) is 11.6 Å². The van der Waals surface area contributed by atoms with E-state index >= 15 is 0 Å². The van der Waals surface area contributed by atoms with Gasteiger partial charge in [-0.3, -0.25) is 4.98 Å². The molecule has 0 saturated carbocycles. The summed E-state index contributed by atoms with van der Waals surface area (Å²) in [6, 6.07) is 25.0. The zero-order valence-corrected chi connectivity index (χ0v) is 12.4. The third kappa shape index (κ3) is 3.50. The first-order valence-corrected chi connectivity index (χ1v) is 7.41. The lowest BCUT2D eigenvalue weighted by Gasteiger charge is -2.17. The van der Waals surface area contributed by atoms with Gasteiger partial charge in [-0.2, -0.15) is 0 Å². The first-order chi connectivity index (χ1) is 10.3. The summed E-state index contributed by atoms with van der Waals surface area (Å²) in [6.07, 6.45) is 2.58. The van der Waals surface area contributed by atoms with Crippen LogP contribution in [0.4, 0.5) is 0 Å². The minimum Gasteiger partial charge on any atom is -0.260 e. The second-order valence-electron chi connectivity index (χ2n) is 5.05. The summed E-state index contributed by atoms with van der Waals surface area (Å²) in [5.74, 6) is 0.307. The molecule has 0 bridgehead atoms. The Morgan fingerprint density at radius 1 is 0.762 bits per heavy atom. The Kier molecular flexibility index (Phi) is 4.32. The van der Waals surface area contributed by atoms with E-state index in [1.807, 2.05) is 24.3 Å². The highest BCUT2D eigenvalue weighted by molar-refractivity contribution is 6.30. The van der Waals surface area contributed by atoms with Crippen molar-refractivity contribution < 1.29 is 0 Å². The van der Waals surface area contributed by atoms with Gasteiger partial charge >= 0.3 is 0 Å². The van der Waals surface area contributed by atoms with Crippen molar-refractivity contribution in [3.8, 4) is 0 Å². The van der Waals surface area contributed by atoms with Crippen LogP contribution in [0.5, 0.6) is 0 Å². The number of hydrogen-bond donors (Lipinski definition) is 0. The second-order valence-corrected chi connectivity index (χ2v) is 5.48. The fraction of sp³-hybridized carbons (Fsp3) is 0.105. The number of rotatable bonds is 4. The van der Waals surface area contributed by atoms with Crippen LogP contribution in [0.2, 0.25) is 5.02 Å².